The number of methoxy groups -OCH3 is 1. The summed E-state index contributed by atoms with van der Waals surface area (Å²) in [5.41, 5.74) is 3.99. The van der Waals surface area contributed by atoms with Crippen LogP contribution in [-0.2, 0) is 11.3 Å². The summed E-state index contributed by atoms with van der Waals surface area (Å²) in [5.74, 6) is 1.65. The van der Waals surface area contributed by atoms with Crippen molar-refractivity contribution in [2.75, 3.05) is 56.7 Å². The third-order valence-electron chi connectivity index (χ3n) is 8.05. The number of hydrogen-bond donors (Lipinski definition) is 1. The van der Waals surface area contributed by atoms with E-state index in [-0.39, 0.29) is 6.10 Å². The van der Waals surface area contributed by atoms with E-state index in [0.717, 1.165) is 80.5 Å². The fraction of sp³-hybridized carbons (Fsp3) is 0.419. The molecule has 0 bridgehead atoms. The number of tetrazole rings is 1. The van der Waals surface area contributed by atoms with Gasteiger partial charge in [-0.15, -0.1) is 10.2 Å². The first kappa shape index (κ1) is 29.3. The molecular formula is C31H36N10O3. The van der Waals surface area contributed by atoms with Gasteiger partial charge in [-0.05, 0) is 54.8 Å². The maximum absolute atomic E-state index is 9.60. The Morgan fingerprint density at radius 2 is 1.82 bits per heavy atom. The summed E-state index contributed by atoms with van der Waals surface area (Å²) in [5, 5.41) is 24.5. The Morgan fingerprint density at radius 3 is 2.52 bits per heavy atom. The molecule has 6 rings (SSSR count). The summed E-state index contributed by atoms with van der Waals surface area (Å²) in [6, 6.07) is 14.4. The summed E-state index contributed by atoms with van der Waals surface area (Å²) in [6.07, 6.45) is 6.86. The van der Waals surface area contributed by atoms with Crippen LogP contribution < -0.4 is 19.7 Å². The lowest BCUT2D eigenvalue weighted by molar-refractivity contribution is 0.0115. The van der Waals surface area contributed by atoms with E-state index in [4.69, 9.17) is 14.2 Å². The topological polar surface area (TPSA) is 139 Å². The Kier molecular flexibility index (Phi) is 9.09. The lowest BCUT2D eigenvalue weighted by atomic mass is 10.0. The van der Waals surface area contributed by atoms with E-state index in [1.807, 2.05) is 25.1 Å². The van der Waals surface area contributed by atoms with Crippen LogP contribution in [0.5, 0.6) is 11.5 Å². The number of benzene rings is 2. The van der Waals surface area contributed by atoms with E-state index < -0.39 is 0 Å². The molecule has 2 saturated heterocycles. The standard InChI is InChI=1S/C31H36N10O3/c1-22(20-41-36-21-35-38-41)44-29-15-23(3-4-24(29)17-32)25-18-33-31(34-19-25)37-28-6-5-27(16-30(28)42-2)39-9-7-26(8-10-39)40-11-13-43-14-12-40/h3-6,15-16,18-19,21-22,26H,7-14,20H2,1-2H3,(H,33,34,37)/t22-/m0/s1. The predicted octanol–water partition coefficient (Wildman–Crippen LogP) is 3.52. The Morgan fingerprint density at radius 1 is 1.02 bits per heavy atom. The molecule has 4 heterocycles. The minimum atomic E-state index is -0.280. The minimum absolute atomic E-state index is 0.280. The average Bonchev–Trinajstić information content (AvgIpc) is 3.58. The number of nitrogens with one attached hydrogen (secondary N) is 1. The van der Waals surface area contributed by atoms with Crippen molar-refractivity contribution in [3.8, 4) is 28.7 Å². The second kappa shape index (κ2) is 13.7. The van der Waals surface area contributed by atoms with Crippen LogP contribution in [0, 0.1) is 11.3 Å². The second-order valence-electron chi connectivity index (χ2n) is 10.9. The number of piperidine rings is 1. The van der Waals surface area contributed by atoms with Crippen molar-refractivity contribution in [2.45, 2.75) is 38.5 Å². The molecule has 4 aromatic rings. The zero-order valence-corrected chi connectivity index (χ0v) is 25.0. The molecule has 0 saturated carbocycles. The van der Waals surface area contributed by atoms with Crippen LogP contribution in [0.25, 0.3) is 11.1 Å². The smallest absolute Gasteiger partial charge is 0.227 e. The van der Waals surface area contributed by atoms with Crippen molar-refractivity contribution in [3.05, 3.63) is 60.7 Å². The molecular weight excluding hydrogens is 560 g/mol. The molecule has 13 nitrogen and oxygen atoms in total. The summed E-state index contributed by atoms with van der Waals surface area (Å²) in [6.45, 7) is 8.07. The quantitative estimate of drug-likeness (QED) is 0.286. The van der Waals surface area contributed by atoms with Gasteiger partial charge >= 0.3 is 0 Å². The Bertz CT molecular complexity index is 1560. The number of rotatable bonds is 10. The molecule has 0 spiro atoms. The summed E-state index contributed by atoms with van der Waals surface area (Å²) >= 11 is 0. The van der Waals surface area contributed by atoms with E-state index in [1.165, 1.54) is 11.1 Å². The van der Waals surface area contributed by atoms with Crippen molar-refractivity contribution in [1.82, 2.24) is 35.1 Å². The molecule has 0 aliphatic carbocycles. The van der Waals surface area contributed by atoms with Crippen LogP contribution >= 0.6 is 0 Å². The number of ether oxygens (including phenoxy) is 3. The molecule has 2 aromatic carbocycles. The first-order chi connectivity index (χ1) is 21.6. The molecule has 2 aliphatic rings. The third kappa shape index (κ3) is 6.88. The van der Waals surface area contributed by atoms with Crippen LogP contribution in [0.4, 0.5) is 17.3 Å². The number of nitriles is 1. The zero-order valence-electron chi connectivity index (χ0n) is 25.0. The fourth-order valence-corrected chi connectivity index (χ4v) is 5.72. The number of anilines is 3. The number of nitrogens with zero attached hydrogens (tertiary/aromatic N) is 9. The van der Waals surface area contributed by atoms with Crippen LogP contribution in [-0.4, -0.2) is 93.7 Å². The molecule has 2 fully saturated rings. The molecule has 0 unspecified atom stereocenters. The average molecular weight is 597 g/mol. The van der Waals surface area contributed by atoms with Gasteiger partial charge in [0.1, 0.15) is 23.7 Å². The number of hydrogen-bond acceptors (Lipinski definition) is 12. The van der Waals surface area contributed by atoms with Crippen LogP contribution in [0.1, 0.15) is 25.3 Å². The highest BCUT2D eigenvalue weighted by Crippen LogP contribution is 2.33. The molecule has 0 amide bonds. The highest BCUT2D eigenvalue weighted by Gasteiger charge is 2.26. The predicted molar refractivity (Wildman–Crippen MR) is 164 cm³/mol. The molecule has 228 valence electrons. The third-order valence-corrected chi connectivity index (χ3v) is 8.05. The SMILES string of the molecule is COc1cc(N2CCC(N3CCOCC3)CC2)ccc1Nc1ncc(-c2ccc(C#N)c(O[C@@H](C)Cn3ncnn3)c2)cn1. The van der Waals surface area contributed by atoms with Crippen LogP contribution in [0.15, 0.2) is 55.1 Å². The normalized spacial score (nSPS) is 16.7. The van der Waals surface area contributed by atoms with Gasteiger partial charge in [0.25, 0.3) is 0 Å². The molecule has 13 heteroatoms. The van der Waals surface area contributed by atoms with Gasteiger partial charge in [-0.1, -0.05) is 6.07 Å². The van der Waals surface area contributed by atoms with Gasteiger partial charge in [-0.3, -0.25) is 4.90 Å². The molecule has 2 aromatic heterocycles. The highest BCUT2D eigenvalue weighted by atomic mass is 16.5. The minimum Gasteiger partial charge on any atom is -0.494 e. The van der Waals surface area contributed by atoms with Crippen molar-refractivity contribution in [1.29, 1.82) is 5.26 Å². The maximum atomic E-state index is 9.60. The lowest BCUT2D eigenvalue weighted by Crippen LogP contribution is -2.49. The van der Waals surface area contributed by atoms with Crippen LogP contribution in [0.2, 0.25) is 0 Å². The van der Waals surface area contributed by atoms with E-state index in [2.05, 4.69) is 58.7 Å². The molecule has 1 atom stereocenters. The Hall–Kier alpha value is -4.80. The second-order valence-corrected chi connectivity index (χ2v) is 10.9. The van der Waals surface area contributed by atoms with Gasteiger partial charge in [-0.25, -0.2) is 9.97 Å². The van der Waals surface area contributed by atoms with Gasteiger partial charge in [0, 0.05) is 61.9 Å². The maximum Gasteiger partial charge on any atom is 0.227 e. The number of aromatic nitrogens is 6. The van der Waals surface area contributed by atoms with E-state index in [9.17, 15) is 5.26 Å². The summed E-state index contributed by atoms with van der Waals surface area (Å²) in [7, 11) is 1.67. The van der Waals surface area contributed by atoms with Crippen molar-refractivity contribution >= 4 is 17.3 Å². The van der Waals surface area contributed by atoms with Gasteiger partial charge in [0.2, 0.25) is 5.95 Å². The molecule has 44 heavy (non-hydrogen) atoms. The first-order valence-corrected chi connectivity index (χ1v) is 14.9. The zero-order chi connectivity index (χ0) is 30.3. The number of morpholine rings is 1. The molecule has 2 aliphatic heterocycles. The van der Waals surface area contributed by atoms with Gasteiger partial charge in [0.15, 0.2) is 6.33 Å². The van der Waals surface area contributed by atoms with Crippen molar-refractivity contribution in [2.24, 2.45) is 0 Å². The van der Waals surface area contributed by atoms with E-state index in [0.29, 0.717) is 29.8 Å². The van der Waals surface area contributed by atoms with E-state index in [1.54, 1.807) is 25.6 Å². The van der Waals surface area contributed by atoms with Gasteiger partial charge in [0.05, 0.1) is 38.1 Å². The summed E-state index contributed by atoms with van der Waals surface area (Å²) < 4.78 is 17.3. The van der Waals surface area contributed by atoms with E-state index >= 15 is 0 Å². The summed E-state index contributed by atoms with van der Waals surface area (Å²) in [4.78, 5) is 15.5. The van der Waals surface area contributed by atoms with Crippen LogP contribution in [0.3, 0.4) is 0 Å². The Labute approximate surface area is 256 Å². The molecule has 1 N–H and O–H groups in total. The molecule has 0 radical (unpaired) electrons. The van der Waals surface area contributed by atoms with Gasteiger partial charge < -0.3 is 24.4 Å². The van der Waals surface area contributed by atoms with Crippen molar-refractivity contribution in [3.63, 3.8) is 0 Å². The first-order valence-electron chi connectivity index (χ1n) is 14.9. The fourth-order valence-electron chi connectivity index (χ4n) is 5.72. The Balaban J connectivity index is 1.10. The largest absolute Gasteiger partial charge is 0.494 e. The monoisotopic (exact) mass is 596 g/mol. The lowest BCUT2D eigenvalue weighted by Gasteiger charge is -2.40. The van der Waals surface area contributed by atoms with Gasteiger partial charge in [-0.2, -0.15) is 10.1 Å². The highest BCUT2D eigenvalue weighted by molar-refractivity contribution is 5.70. The van der Waals surface area contributed by atoms with Crippen molar-refractivity contribution < 1.29 is 14.2 Å².